The number of ether oxygens (including phenoxy) is 3. The van der Waals surface area contributed by atoms with E-state index < -0.39 is 0 Å². The monoisotopic (exact) mass is 384 g/mol. The second-order valence-corrected chi connectivity index (χ2v) is 6.38. The van der Waals surface area contributed by atoms with Gasteiger partial charge in [0.05, 0.1) is 26.3 Å². The normalized spacial score (nSPS) is 10.3. The van der Waals surface area contributed by atoms with Gasteiger partial charge in [-0.05, 0) is 24.3 Å². The van der Waals surface area contributed by atoms with Crippen molar-refractivity contribution < 1.29 is 19.0 Å². The van der Waals surface area contributed by atoms with Crippen LogP contribution >= 0.6 is 11.3 Å². The number of methoxy groups -OCH3 is 2. The van der Waals surface area contributed by atoms with Crippen molar-refractivity contribution in [3.8, 4) is 27.8 Å². The van der Waals surface area contributed by atoms with Gasteiger partial charge in [-0.2, -0.15) is 0 Å². The molecule has 0 fully saturated rings. The first kappa shape index (κ1) is 18.7. The average molecular weight is 384 g/mol. The molecule has 0 spiro atoms. The highest BCUT2D eigenvalue weighted by Crippen LogP contribution is 2.31. The zero-order valence-corrected chi connectivity index (χ0v) is 15.9. The number of hydrogen-bond acceptors (Lipinski definition) is 6. The van der Waals surface area contributed by atoms with Crippen LogP contribution in [0.1, 0.15) is 10.5 Å². The van der Waals surface area contributed by atoms with Crippen LogP contribution in [0.25, 0.3) is 10.6 Å². The minimum absolute atomic E-state index is 0.235. The SMILES string of the molecule is COc1cccc(OCCNC(=O)c2csc(-c3ccccc3OC)n2)c1. The molecule has 0 saturated carbocycles. The number of rotatable bonds is 8. The number of thiazole rings is 1. The minimum atomic E-state index is -0.235. The number of amides is 1. The molecule has 0 radical (unpaired) electrons. The zero-order chi connectivity index (χ0) is 19.1. The van der Waals surface area contributed by atoms with Crippen LogP contribution in [-0.2, 0) is 0 Å². The highest BCUT2D eigenvalue weighted by atomic mass is 32.1. The van der Waals surface area contributed by atoms with Crippen LogP contribution in [0, 0.1) is 0 Å². The second kappa shape index (κ2) is 9.05. The molecule has 0 aliphatic carbocycles. The van der Waals surface area contributed by atoms with Crippen LogP contribution in [0.3, 0.4) is 0 Å². The van der Waals surface area contributed by atoms with Crippen LogP contribution in [0.4, 0.5) is 0 Å². The number of para-hydroxylation sites is 1. The van der Waals surface area contributed by atoms with Crippen molar-refractivity contribution in [1.29, 1.82) is 0 Å². The third-order valence-electron chi connectivity index (χ3n) is 3.77. The first-order valence-corrected chi connectivity index (χ1v) is 9.23. The van der Waals surface area contributed by atoms with Crippen molar-refractivity contribution in [2.24, 2.45) is 0 Å². The lowest BCUT2D eigenvalue weighted by molar-refractivity contribution is 0.0942. The predicted octanol–water partition coefficient (Wildman–Crippen LogP) is 3.64. The second-order valence-electron chi connectivity index (χ2n) is 5.52. The molecule has 1 aromatic heterocycles. The van der Waals surface area contributed by atoms with Crippen molar-refractivity contribution >= 4 is 17.2 Å². The maximum absolute atomic E-state index is 12.3. The molecular formula is C20H20N2O4S. The van der Waals surface area contributed by atoms with Gasteiger partial charge in [0.25, 0.3) is 5.91 Å². The fraction of sp³-hybridized carbons (Fsp3) is 0.200. The van der Waals surface area contributed by atoms with E-state index in [0.717, 1.165) is 22.1 Å². The fourth-order valence-corrected chi connectivity index (χ4v) is 3.27. The Bertz CT molecular complexity index is 910. The van der Waals surface area contributed by atoms with E-state index in [1.54, 1.807) is 25.7 Å². The Hall–Kier alpha value is -3.06. The molecule has 140 valence electrons. The summed E-state index contributed by atoms with van der Waals surface area (Å²) < 4.78 is 16.1. The van der Waals surface area contributed by atoms with Gasteiger partial charge in [-0.3, -0.25) is 4.79 Å². The van der Waals surface area contributed by atoms with Gasteiger partial charge in [-0.1, -0.05) is 18.2 Å². The number of nitrogens with zero attached hydrogens (tertiary/aromatic N) is 1. The number of nitrogens with one attached hydrogen (secondary N) is 1. The highest BCUT2D eigenvalue weighted by Gasteiger charge is 2.14. The maximum Gasteiger partial charge on any atom is 0.270 e. The molecule has 3 rings (SSSR count). The number of aromatic nitrogens is 1. The summed E-state index contributed by atoms with van der Waals surface area (Å²) in [5.41, 5.74) is 1.24. The van der Waals surface area contributed by atoms with Crippen molar-refractivity contribution in [2.45, 2.75) is 0 Å². The van der Waals surface area contributed by atoms with E-state index in [9.17, 15) is 4.79 Å². The number of benzene rings is 2. The van der Waals surface area contributed by atoms with Crippen LogP contribution in [0.5, 0.6) is 17.2 Å². The lowest BCUT2D eigenvalue weighted by Crippen LogP contribution is -2.28. The number of carbonyl (C=O) groups is 1. The summed E-state index contributed by atoms with van der Waals surface area (Å²) in [7, 11) is 3.22. The molecule has 2 aromatic carbocycles. The van der Waals surface area contributed by atoms with Crippen molar-refractivity contribution in [3.63, 3.8) is 0 Å². The fourth-order valence-electron chi connectivity index (χ4n) is 2.44. The zero-order valence-electron chi connectivity index (χ0n) is 15.1. The lowest BCUT2D eigenvalue weighted by Gasteiger charge is -2.08. The molecule has 7 heteroatoms. The average Bonchev–Trinajstić information content (AvgIpc) is 3.21. The van der Waals surface area contributed by atoms with Crippen LogP contribution in [0.2, 0.25) is 0 Å². The predicted molar refractivity (Wildman–Crippen MR) is 105 cm³/mol. The lowest BCUT2D eigenvalue weighted by atomic mass is 10.2. The molecule has 0 aliphatic heterocycles. The molecule has 0 unspecified atom stereocenters. The maximum atomic E-state index is 12.3. The molecule has 1 heterocycles. The first-order valence-electron chi connectivity index (χ1n) is 8.35. The third-order valence-corrected chi connectivity index (χ3v) is 4.65. The standard InChI is InChI=1S/C20H20N2O4S/c1-24-14-6-5-7-15(12-14)26-11-10-21-19(23)17-13-27-20(22-17)16-8-3-4-9-18(16)25-2/h3-9,12-13H,10-11H2,1-2H3,(H,21,23). The Morgan fingerprint density at radius 2 is 1.89 bits per heavy atom. The Morgan fingerprint density at radius 3 is 2.70 bits per heavy atom. The van der Waals surface area contributed by atoms with E-state index in [1.165, 1.54) is 11.3 Å². The van der Waals surface area contributed by atoms with E-state index in [-0.39, 0.29) is 5.91 Å². The van der Waals surface area contributed by atoms with Gasteiger partial charge < -0.3 is 19.5 Å². The van der Waals surface area contributed by atoms with Gasteiger partial charge in [0.2, 0.25) is 0 Å². The Kier molecular flexibility index (Phi) is 6.27. The molecule has 27 heavy (non-hydrogen) atoms. The van der Waals surface area contributed by atoms with E-state index in [4.69, 9.17) is 14.2 Å². The summed E-state index contributed by atoms with van der Waals surface area (Å²) in [6, 6.07) is 14.9. The molecule has 6 nitrogen and oxygen atoms in total. The third kappa shape index (κ3) is 4.77. The van der Waals surface area contributed by atoms with Gasteiger partial charge in [0.15, 0.2) is 0 Å². The van der Waals surface area contributed by atoms with Crippen LogP contribution in [0.15, 0.2) is 53.9 Å². The Morgan fingerprint density at radius 1 is 1.07 bits per heavy atom. The smallest absolute Gasteiger partial charge is 0.270 e. The summed E-state index contributed by atoms with van der Waals surface area (Å²) in [6.07, 6.45) is 0. The van der Waals surface area contributed by atoms with E-state index >= 15 is 0 Å². The summed E-state index contributed by atoms with van der Waals surface area (Å²) in [5, 5.41) is 5.29. The van der Waals surface area contributed by atoms with E-state index in [1.807, 2.05) is 42.5 Å². The molecule has 0 saturated heterocycles. The van der Waals surface area contributed by atoms with Gasteiger partial charge >= 0.3 is 0 Å². The van der Waals surface area contributed by atoms with Gasteiger partial charge in [0, 0.05) is 11.4 Å². The number of carbonyl (C=O) groups excluding carboxylic acids is 1. The summed E-state index contributed by atoms with van der Waals surface area (Å²) in [6.45, 7) is 0.722. The van der Waals surface area contributed by atoms with E-state index in [2.05, 4.69) is 10.3 Å². The molecular weight excluding hydrogens is 364 g/mol. The summed E-state index contributed by atoms with van der Waals surface area (Å²) in [5.74, 6) is 1.91. The molecule has 1 N–H and O–H groups in total. The van der Waals surface area contributed by atoms with Gasteiger partial charge in [-0.15, -0.1) is 11.3 Å². The molecule has 1 amide bonds. The van der Waals surface area contributed by atoms with Crippen molar-refractivity contribution in [2.75, 3.05) is 27.4 Å². The van der Waals surface area contributed by atoms with Crippen molar-refractivity contribution in [1.82, 2.24) is 10.3 Å². The summed E-state index contributed by atoms with van der Waals surface area (Å²) >= 11 is 1.40. The first-order chi connectivity index (χ1) is 13.2. The molecule has 0 atom stereocenters. The Labute approximate surface area is 161 Å². The van der Waals surface area contributed by atoms with Crippen LogP contribution < -0.4 is 19.5 Å². The number of hydrogen-bond donors (Lipinski definition) is 1. The minimum Gasteiger partial charge on any atom is -0.497 e. The highest BCUT2D eigenvalue weighted by molar-refractivity contribution is 7.13. The van der Waals surface area contributed by atoms with E-state index in [0.29, 0.717) is 24.6 Å². The topological polar surface area (TPSA) is 69.7 Å². The van der Waals surface area contributed by atoms with Gasteiger partial charge in [0.1, 0.15) is 34.6 Å². The van der Waals surface area contributed by atoms with Crippen LogP contribution in [-0.4, -0.2) is 38.3 Å². The van der Waals surface area contributed by atoms with Gasteiger partial charge in [-0.25, -0.2) is 4.98 Å². The summed E-state index contributed by atoms with van der Waals surface area (Å²) in [4.78, 5) is 16.7. The Balaban J connectivity index is 1.54. The molecule has 0 bridgehead atoms. The van der Waals surface area contributed by atoms with Crippen molar-refractivity contribution in [3.05, 3.63) is 59.6 Å². The molecule has 0 aliphatic rings. The quantitative estimate of drug-likeness (QED) is 0.601. The largest absolute Gasteiger partial charge is 0.497 e. The molecule has 3 aromatic rings.